The first-order valence-electron chi connectivity index (χ1n) is 9.73. The summed E-state index contributed by atoms with van der Waals surface area (Å²) in [5.41, 5.74) is 8.05. The number of pyridine rings is 1. The minimum atomic E-state index is -0.422. The number of halogens is 2. The van der Waals surface area contributed by atoms with Crippen LogP contribution in [0.25, 0.3) is 21.8 Å². The third kappa shape index (κ3) is 4.55. The number of aromatic nitrogens is 2. The van der Waals surface area contributed by atoms with Crippen LogP contribution in [0, 0.1) is 0 Å². The van der Waals surface area contributed by atoms with E-state index in [0.29, 0.717) is 30.4 Å². The second kappa shape index (κ2) is 8.69. The second-order valence-corrected chi connectivity index (χ2v) is 8.84. The monoisotopic (exact) mass is 451 g/mol. The lowest BCUT2D eigenvalue weighted by Gasteiger charge is -2.43. The van der Waals surface area contributed by atoms with Gasteiger partial charge in [-0.05, 0) is 39.0 Å². The van der Waals surface area contributed by atoms with E-state index in [0.717, 1.165) is 21.8 Å². The summed E-state index contributed by atoms with van der Waals surface area (Å²) in [6, 6.07) is 5.11. The number of amides is 1. The SMILES string of the molecule is C[C@H](N)CN1CC(C)(C)OC[C@H]1C(=O)Nc1cc(Cl)cc2c1[nH]c1cnccc12.Cl. The van der Waals surface area contributed by atoms with Crippen LogP contribution in [-0.4, -0.2) is 58.2 Å². The Bertz CT molecular complexity index is 1070. The van der Waals surface area contributed by atoms with Crippen molar-refractivity contribution >= 4 is 57.4 Å². The lowest BCUT2D eigenvalue weighted by Crippen LogP contribution is -2.60. The predicted octanol–water partition coefficient (Wildman–Crippen LogP) is 3.56. The predicted molar refractivity (Wildman–Crippen MR) is 124 cm³/mol. The molecular formula is C21H27Cl2N5O2. The maximum atomic E-state index is 13.2. The molecule has 4 rings (SSSR count). The van der Waals surface area contributed by atoms with E-state index >= 15 is 0 Å². The fourth-order valence-corrected chi connectivity index (χ4v) is 4.21. The molecule has 0 aliphatic carbocycles. The first-order chi connectivity index (χ1) is 13.7. The summed E-state index contributed by atoms with van der Waals surface area (Å²) in [5, 5.41) is 5.56. The molecule has 0 spiro atoms. The van der Waals surface area contributed by atoms with E-state index in [1.165, 1.54) is 0 Å². The first kappa shape index (κ1) is 22.8. The van der Waals surface area contributed by atoms with Crippen molar-refractivity contribution in [3.05, 3.63) is 35.6 Å². The fourth-order valence-electron chi connectivity index (χ4n) is 3.99. The number of nitrogens with zero attached hydrogens (tertiary/aromatic N) is 2. The maximum absolute atomic E-state index is 13.2. The molecule has 1 fully saturated rings. The highest BCUT2D eigenvalue weighted by Crippen LogP contribution is 2.33. The topological polar surface area (TPSA) is 96.3 Å². The summed E-state index contributed by atoms with van der Waals surface area (Å²) in [7, 11) is 0. The number of morpholine rings is 1. The number of anilines is 1. The summed E-state index contributed by atoms with van der Waals surface area (Å²) in [6.45, 7) is 7.55. The van der Waals surface area contributed by atoms with Crippen LogP contribution in [0.15, 0.2) is 30.6 Å². The van der Waals surface area contributed by atoms with Gasteiger partial charge in [0.05, 0.1) is 35.1 Å². The molecular weight excluding hydrogens is 425 g/mol. The molecule has 3 aromatic rings. The van der Waals surface area contributed by atoms with Gasteiger partial charge in [0.1, 0.15) is 6.04 Å². The zero-order chi connectivity index (χ0) is 20.8. The quantitative estimate of drug-likeness (QED) is 0.563. The Balaban J connectivity index is 0.00000256. The molecule has 1 aromatic carbocycles. The van der Waals surface area contributed by atoms with Gasteiger partial charge in [0, 0.05) is 41.1 Å². The number of carbonyl (C=O) groups is 1. The number of rotatable bonds is 4. The first-order valence-corrected chi connectivity index (χ1v) is 10.1. The van der Waals surface area contributed by atoms with Gasteiger partial charge in [0.2, 0.25) is 5.91 Å². The molecule has 0 radical (unpaired) electrons. The molecule has 1 amide bonds. The Labute approximate surface area is 186 Å². The molecule has 30 heavy (non-hydrogen) atoms. The van der Waals surface area contributed by atoms with E-state index in [9.17, 15) is 4.79 Å². The van der Waals surface area contributed by atoms with E-state index < -0.39 is 6.04 Å². The Kier molecular flexibility index (Phi) is 6.60. The van der Waals surface area contributed by atoms with Crippen molar-refractivity contribution in [2.75, 3.05) is 25.0 Å². The van der Waals surface area contributed by atoms with Crippen LogP contribution in [0.2, 0.25) is 5.02 Å². The molecule has 2 aromatic heterocycles. The van der Waals surface area contributed by atoms with Crippen molar-refractivity contribution in [3.63, 3.8) is 0 Å². The molecule has 0 saturated carbocycles. The number of benzene rings is 1. The molecule has 1 aliphatic rings. The van der Waals surface area contributed by atoms with Crippen LogP contribution in [-0.2, 0) is 9.53 Å². The van der Waals surface area contributed by atoms with Crippen LogP contribution in [0.1, 0.15) is 20.8 Å². The summed E-state index contributed by atoms with van der Waals surface area (Å²) in [6.07, 6.45) is 3.50. The van der Waals surface area contributed by atoms with Gasteiger partial charge in [0.15, 0.2) is 0 Å². The Morgan fingerprint density at radius 1 is 1.47 bits per heavy atom. The molecule has 3 heterocycles. The molecule has 2 atom stereocenters. The largest absolute Gasteiger partial charge is 0.372 e. The standard InChI is InChI=1S/C21H26ClN5O2.ClH/c1-12(23)9-27-11-21(2,3)29-10-18(27)20(28)26-16-7-13(22)6-15-14-4-5-24-8-17(14)25-19(15)16;/h4-8,12,18,25H,9-11,23H2,1-3H3,(H,26,28);1H/t12-,18-;/m0./s1. The molecule has 1 aliphatic heterocycles. The molecule has 1 saturated heterocycles. The van der Waals surface area contributed by atoms with Gasteiger partial charge in [-0.15, -0.1) is 12.4 Å². The normalized spacial score (nSPS) is 20.1. The van der Waals surface area contributed by atoms with E-state index in [4.69, 9.17) is 22.1 Å². The lowest BCUT2D eigenvalue weighted by molar-refractivity contribution is -0.143. The van der Waals surface area contributed by atoms with Crippen LogP contribution < -0.4 is 11.1 Å². The van der Waals surface area contributed by atoms with Gasteiger partial charge >= 0.3 is 0 Å². The second-order valence-electron chi connectivity index (χ2n) is 8.40. The third-order valence-electron chi connectivity index (χ3n) is 5.21. The lowest BCUT2D eigenvalue weighted by atomic mass is 10.0. The molecule has 0 bridgehead atoms. The zero-order valence-electron chi connectivity index (χ0n) is 17.2. The summed E-state index contributed by atoms with van der Waals surface area (Å²) >= 11 is 6.35. The number of carbonyl (C=O) groups excluding carboxylic acids is 1. The highest BCUT2D eigenvalue weighted by Gasteiger charge is 2.38. The van der Waals surface area contributed by atoms with Crippen molar-refractivity contribution in [1.82, 2.24) is 14.9 Å². The van der Waals surface area contributed by atoms with Gasteiger partial charge < -0.3 is 20.8 Å². The summed E-state index contributed by atoms with van der Waals surface area (Å²) in [4.78, 5) is 22.8. The molecule has 7 nitrogen and oxygen atoms in total. The average molecular weight is 452 g/mol. The van der Waals surface area contributed by atoms with Crippen molar-refractivity contribution in [2.45, 2.75) is 38.5 Å². The average Bonchev–Trinajstić information content (AvgIpc) is 2.99. The number of fused-ring (bicyclic) bond motifs is 3. The number of nitrogens with two attached hydrogens (primary N) is 1. The van der Waals surface area contributed by atoms with Gasteiger partial charge in [-0.2, -0.15) is 0 Å². The van der Waals surface area contributed by atoms with Gasteiger partial charge in [-0.3, -0.25) is 14.7 Å². The van der Waals surface area contributed by atoms with Gasteiger partial charge in [-0.1, -0.05) is 11.6 Å². The van der Waals surface area contributed by atoms with Crippen molar-refractivity contribution in [2.24, 2.45) is 5.73 Å². The number of hydrogen-bond donors (Lipinski definition) is 3. The highest BCUT2D eigenvalue weighted by molar-refractivity contribution is 6.33. The number of aromatic amines is 1. The number of H-pyrrole nitrogens is 1. The van der Waals surface area contributed by atoms with Crippen LogP contribution in [0.4, 0.5) is 5.69 Å². The van der Waals surface area contributed by atoms with E-state index in [1.807, 2.05) is 32.9 Å². The zero-order valence-corrected chi connectivity index (χ0v) is 18.8. The third-order valence-corrected chi connectivity index (χ3v) is 5.43. The molecule has 162 valence electrons. The Hall–Kier alpha value is -1.90. The molecule has 9 heteroatoms. The van der Waals surface area contributed by atoms with Crippen LogP contribution >= 0.6 is 24.0 Å². The van der Waals surface area contributed by atoms with Gasteiger partial charge in [0.25, 0.3) is 0 Å². The number of hydrogen-bond acceptors (Lipinski definition) is 5. The Morgan fingerprint density at radius 3 is 2.97 bits per heavy atom. The Morgan fingerprint density at radius 2 is 2.23 bits per heavy atom. The van der Waals surface area contributed by atoms with Crippen LogP contribution in [0.5, 0.6) is 0 Å². The van der Waals surface area contributed by atoms with Crippen molar-refractivity contribution in [1.29, 1.82) is 0 Å². The number of ether oxygens (including phenoxy) is 1. The highest BCUT2D eigenvalue weighted by atomic mass is 35.5. The van der Waals surface area contributed by atoms with E-state index in [2.05, 4.69) is 20.2 Å². The van der Waals surface area contributed by atoms with Gasteiger partial charge in [-0.25, -0.2) is 0 Å². The van der Waals surface area contributed by atoms with Crippen molar-refractivity contribution < 1.29 is 9.53 Å². The molecule has 0 unspecified atom stereocenters. The smallest absolute Gasteiger partial charge is 0.244 e. The minimum absolute atomic E-state index is 0. The minimum Gasteiger partial charge on any atom is -0.372 e. The van der Waals surface area contributed by atoms with Crippen LogP contribution in [0.3, 0.4) is 0 Å². The van der Waals surface area contributed by atoms with E-state index in [1.54, 1.807) is 18.5 Å². The molecule has 4 N–H and O–H groups in total. The summed E-state index contributed by atoms with van der Waals surface area (Å²) < 4.78 is 5.92. The number of nitrogens with one attached hydrogen (secondary N) is 2. The fraction of sp³-hybridized carbons (Fsp3) is 0.429. The van der Waals surface area contributed by atoms with Crippen molar-refractivity contribution in [3.8, 4) is 0 Å². The summed E-state index contributed by atoms with van der Waals surface area (Å²) in [5.74, 6) is -0.138. The van der Waals surface area contributed by atoms with E-state index in [-0.39, 0.29) is 30.0 Å². The maximum Gasteiger partial charge on any atom is 0.244 e.